The summed E-state index contributed by atoms with van der Waals surface area (Å²) in [5.74, 6) is -0.365. The van der Waals surface area contributed by atoms with Crippen LogP contribution in [0.2, 0.25) is 0 Å². The molecule has 0 atom stereocenters. The Bertz CT molecular complexity index is 1070. The first-order valence-electron chi connectivity index (χ1n) is 8.68. The van der Waals surface area contributed by atoms with E-state index in [1.54, 1.807) is 24.3 Å². The van der Waals surface area contributed by atoms with Gasteiger partial charge in [0, 0.05) is 5.69 Å². The van der Waals surface area contributed by atoms with E-state index in [0.717, 1.165) is 23.9 Å². The predicted octanol–water partition coefficient (Wildman–Crippen LogP) is 4.22. The zero-order valence-electron chi connectivity index (χ0n) is 15.9. The molecule has 0 bridgehead atoms. The summed E-state index contributed by atoms with van der Waals surface area (Å²) in [5, 5.41) is 4.87. The van der Waals surface area contributed by atoms with Crippen molar-refractivity contribution in [1.82, 2.24) is 5.32 Å². The van der Waals surface area contributed by atoms with Crippen molar-refractivity contribution in [2.75, 3.05) is 19.0 Å². The number of amides is 2. The van der Waals surface area contributed by atoms with Crippen molar-refractivity contribution in [3.63, 3.8) is 0 Å². The largest absolute Gasteiger partial charge is 0.493 e. The average molecular weight is 468 g/mol. The first-order chi connectivity index (χ1) is 14.7. The van der Waals surface area contributed by atoms with E-state index in [-0.39, 0.29) is 17.3 Å². The summed E-state index contributed by atoms with van der Waals surface area (Å²) in [5.41, 5.74) is -0.213. The molecule has 2 aromatic rings. The highest BCUT2D eigenvalue weighted by Gasteiger charge is 2.30. The van der Waals surface area contributed by atoms with Crippen molar-refractivity contribution >= 4 is 51.9 Å². The van der Waals surface area contributed by atoms with Gasteiger partial charge < -0.3 is 20.1 Å². The maximum absolute atomic E-state index is 12.8. The summed E-state index contributed by atoms with van der Waals surface area (Å²) in [6, 6.07) is 9.12. The molecule has 1 heterocycles. The van der Waals surface area contributed by atoms with Crippen LogP contribution < -0.4 is 20.1 Å². The van der Waals surface area contributed by atoms with Gasteiger partial charge in [0.05, 0.1) is 17.6 Å². The fourth-order valence-corrected chi connectivity index (χ4v) is 3.62. The molecule has 0 radical (unpaired) electrons. The molecular weight excluding hydrogens is 453 g/mol. The number of hydrogen-bond donors (Lipinski definition) is 2. The molecule has 2 N–H and O–H groups in total. The molecule has 1 saturated heterocycles. The highest BCUT2D eigenvalue weighted by atomic mass is 32.2. The fraction of sp³-hybridized carbons (Fsp3) is 0.150. The summed E-state index contributed by atoms with van der Waals surface area (Å²) in [6.07, 6.45) is -2.88. The van der Waals surface area contributed by atoms with Gasteiger partial charge in [-0.05, 0) is 42.0 Å². The standard InChI is InChI=1S/C20H15F3N2O4S2/c1-28-15-7-11(8-16-18(27)25-19(30)31-16)5-6-14(15)29-10-17(26)24-13-4-2-3-12(9-13)20(21,22)23/h2-9H,10H2,1H3,(H,24,26)(H,25,27,30)/b16-8+. The summed E-state index contributed by atoms with van der Waals surface area (Å²) in [7, 11) is 1.41. The van der Waals surface area contributed by atoms with E-state index >= 15 is 0 Å². The van der Waals surface area contributed by atoms with Crippen LogP contribution in [0.25, 0.3) is 6.08 Å². The minimum Gasteiger partial charge on any atom is -0.493 e. The molecule has 31 heavy (non-hydrogen) atoms. The molecule has 11 heteroatoms. The molecule has 6 nitrogen and oxygen atoms in total. The maximum atomic E-state index is 12.8. The molecule has 1 fully saturated rings. The van der Waals surface area contributed by atoms with E-state index in [0.29, 0.717) is 20.5 Å². The van der Waals surface area contributed by atoms with Gasteiger partial charge in [0.2, 0.25) is 0 Å². The minimum atomic E-state index is -4.51. The Hall–Kier alpha value is -3.05. The Labute approximate surface area is 184 Å². The van der Waals surface area contributed by atoms with Crippen LogP contribution in [0.3, 0.4) is 0 Å². The number of thioether (sulfide) groups is 1. The highest BCUT2D eigenvalue weighted by Crippen LogP contribution is 2.32. The van der Waals surface area contributed by atoms with Gasteiger partial charge >= 0.3 is 6.18 Å². The smallest absolute Gasteiger partial charge is 0.416 e. The monoisotopic (exact) mass is 468 g/mol. The Morgan fingerprint density at radius 2 is 2.00 bits per heavy atom. The van der Waals surface area contributed by atoms with Crippen molar-refractivity contribution in [2.45, 2.75) is 6.18 Å². The third-order valence-corrected chi connectivity index (χ3v) is 5.12. The van der Waals surface area contributed by atoms with Crippen molar-refractivity contribution < 1.29 is 32.2 Å². The van der Waals surface area contributed by atoms with Crippen molar-refractivity contribution in [2.24, 2.45) is 0 Å². The van der Waals surface area contributed by atoms with Crippen molar-refractivity contribution in [1.29, 1.82) is 0 Å². The molecular formula is C20H15F3N2O4S2. The number of ether oxygens (including phenoxy) is 2. The van der Waals surface area contributed by atoms with Crippen molar-refractivity contribution in [3.8, 4) is 11.5 Å². The fourth-order valence-electron chi connectivity index (χ4n) is 2.58. The van der Waals surface area contributed by atoms with E-state index in [2.05, 4.69) is 10.6 Å². The molecule has 0 spiro atoms. The van der Waals surface area contributed by atoms with E-state index in [4.69, 9.17) is 21.7 Å². The number of hydrogen-bond acceptors (Lipinski definition) is 6. The van der Waals surface area contributed by atoms with Gasteiger partial charge in [-0.3, -0.25) is 9.59 Å². The van der Waals surface area contributed by atoms with E-state index in [1.807, 2.05) is 0 Å². The van der Waals surface area contributed by atoms with E-state index in [1.165, 1.54) is 19.2 Å². The van der Waals surface area contributed by atoms with E-state index < -0.39 is 24.3 Å². The second-order valence-corrected chi connectivity index (χ2v) is 7.90. The lowest BCUT2D eigenvalue weighted by Crippen LogP contribution is -2.20. The third kappa shape index (κ3) is 5.98. The molecule has 3 rings (SSSR count). The third-order valence-electron chi connectivity index (χ3n) is 3.96. The van der Waals surface area contributed by atoms with Gasteiger partial charge in [0.15, 0.2) is 18.1 Å². The molecule has 0 saturated carbocycles. The molecule has 0 unspecified atom stereocenters. The molecule has 2 amide bonds. The zero-order valence-corrected chi connectivity index (χ0v) is 17.5. The number of benzene rings is 2. The van der Waals surface area contributed by atoms with Crippen molar-refractivity contribution in [3.05, 3.63) is 58.5 Å². The number of carbonyl (C=O) groups excluding carboxylic acids is 2. The number of thiocarbonyl (C=S) groups is 1. The SMILES string of the molecule is COc1cc(/C=C2/SC(=S)NC2=O)ccc1OCC(=O)Nc1cccc(C(F)(F)F)c1. The number of nitrogens with one attached hydrogen (secondary N) is 2. The quantitative estimate of drug-likeness (QED) is 0.489. The summed E-state index contributed by atoms with van der Waals surface area (Å²) < 4.78 is 49.4. The number of anilines is 1. The Kier molecular flexibility index (Phi) is 6.86. The zero-order chi connectivity index (χ0) is 22.6. The maximum Gasteiger partial charge on any atom is 0.416 e. The predicted molar refractivity (Wildman–Crippen MR) is 115 cm³/mol. The Morgan fingerprint density at radius 1 is 1.23 bits per heavy atom. The van der Waals surface area contributed by atoms with Crippen LogP contribution in [0.15, 0.2) is 47.4 Å². The van der Waals surface area contributed by atoms with Gasteiger partial charge in [-0.25, -0.2) is 0 Å². The van der Waals surface area contributed by atoms with Crippen LogP contribution in [0, 0.1) is 0 Å². The van der Waals surface area contributed by atoms with Crippen LogP contribution in [0.1, 0.15) is 11.1 Å². The molecule has 162 valence electrons. The van der Waals surface area contributed by atoms with Gasteiger partial charge in [-0.2, -0.15) is 13.2 Å². The minimum absolute atomic E-state index is 0.00242. The first-order valence-corrected chi connectivity index (χ1v) is 9.91. The Balaban J connectivity index is 1.65. The van der Waals surface area contributed by atoms with Crippen LogP contribution in [-0.2, 0) is 15.8 Å². The number of halogens is 3. The summed E-state index contributed by atoms with van der Waals surface area (Å²) >= 11 is 6.08. The normalized spacial score (nSPS) is 15.0. The van der Waals surface area contributed by atoms with Gasteiger partial charge in [0.25, 0.3) is 11.8 Å². The lowest BCUT2D eigenvalue weighted by Gasteiger charge is -2.12. The number of methoxy groups -OCH3 is 1. The van der Waals surface area contributed by atoms with Gasteiger partial charge in [-0.15, -0.1) is 0 Å². The lowest BCUT2D eigenvalue weighted by atomic mass is 10.2. The summed E-state index contributed by atoms with van der Waals surface area (Å²) in [6.45, 7) is -0.445. The number of carbonyl (C=O) groups is 2. The molecule has 1 aliphatic rings. The topological polar surface area (TPSA) is 76.7 Å². The lowest BCUT2D eigenvalue weighted by molar-refractivity contribution is -0.137. The van der Waals surface area contributed by atoms with E-state index in [9.17, 15) is 22.8 Å². The number of rotatable bonds is 6. The molecule has 0 aliphatic carbocycles. The van der Waals surface area contributed by atoms with Gasteiger partial charge in [-0.1, -0.05) is 36.1 Å². The van der Waals surface area contributed by atoms with Gasteiger partial charge in [0.1, 0.15) is 4.32 Å². The van der Waals surface area contributed by atoms with Crippen LogP contribution in [-0.4, -0.2) is 29.9 Å². The highest BCUT2D eigenvalue weighted by molar-refractivity contribution is 8.26. The van der Waals surface area contributed by atoms with Crippen LogP contribution in [0.4, 0.5) is 18.9 Å². The average Bonchev–Trinajstić information content (AvgIpc) is 3.03. The number of alkyl halides is 3. The summed E-state index contributed by atoms with van der Waals surface area (Å²) in [4.78, 5) is 24.3. The van der Waals surface area contributed by atoms with Crippen LogP contribution >= 0.6 is 24.0 Å². The molecule has 1 aliphatic heterocycles. The Morgan fingerprint density at radius 3 is 2.65 bits per heavy atom. The second-order valence-electron chi connectivity index (χ2n) is 6.18. The first kappa shape index (κ1) is 22.6. The molecule has 0 aromatic heterocycles. The molecule has 2 aromatic carbocycles. The second kappa shape index (κ2) is 9.40. The van der Waals surface area contributed by atoms with Crippen LogP contribution in [0.5, 0.6) is 11.5 Å².